The third kappa shape index (κ3) is 6.76. The van der Waals surface area contributed by atoms with Crippen LogP contribution in [0.4, 0.5) is 16.2 Å². The molecule has 0 N–H and O–H groups in total. The van der Waals surface area contributed by atoms with Gasteiger partial charge in [0, 0.05) is 49.2 Å². The summed E-state index contributed by atoms with van der Waals surface area (Å²) in [6.07, 6.45) is -4.65. The van der Waals surface area contributed by atoms with Gasteiger partial charge < -0.3 is 18.9 Å². The van der Waals surface area contributed by atoms with E-state index in [0.29, 0.717) is 0 Å². The van der Waals surface area contributed by atoms with Crippen LogP contribution in [-0.4, -0.2) is 27.9 Å². The van der Waals surface area contributed by atoms with Crippen molar-refractivity contribution in [3.05, 3.63) is 79.9 Å². The molecule has 0 amide bonds. The second-order valence-corrected chi connectivity index (χ2v) is 6.07. The zero-order valence-corrected chi connectivity index (χ0v) is 16.7. The zero-order chi connectivity index (χ0) is 23.8. The third-order valence-electron chi connectivity index (χ3n) is 3.70. The van der Waals surface area contributed by atoms with Gasteiger partial charge in [-0.05, 0) is 24.3 Å². The normalized spacial score (nSPS) is 12.1. The van der Waals surface area contributed by atoms with Gasteiger partial charge in [0.25, 0.3) is 24.0 Å². The van der Waals surface area contributed by atoms with E-state index in [1.165, 1.54) is 24.3 Å². The predicted octanol–water partition coefficient (Wildman–Crippen LogP) is 3.48. The Kier molecular flexibility index (Phi) is 7.76. The van der Waals surface area contributed by atoms with Crippen LogP contribution in [0.3, 0.4) is 0 Å². The maximum absolute atomic E-state index is 12.3. The highest BCUT2D eigenvalue weighted by molar-refractivity contribution is 5.68. The van der Waals surface area contributed by atoms with E-state index >= 15 is 0 Å². The van der Waals surface area contributed by atoms with Gasteiger partial charge in [-0.2, -0.15) is 0 Å². The summed E-state index contributed by atoms with van der Waals surface area (Å²) in [7, 11) is 0. The second-order valence-electron chi connectivity index (χ2n) is 6.07. The standard InChI is InChI=1S/C19H16N2O11/c1-11(22)29-17(13-3-7-15(8-4-13)20(25)26)31-19(24)32-18(30-12(2)23)14-5-9-16(10-6-14)21(27)28/h3-10,17-18H,1-2H3. The molecule has 0 aliphatic heterocycles. The lowest BCUT2D eigenvalue weighted by molar-refractivity contribution is -0.385. The Labute approximate surface area is 179 Å². The number of nitro groups is 2. The monoisotopic (exact) mass is 448 g/mol. The largest absolute Gasteiger partial charge is 0.515 e. The molecule has 168 valence electrons. The number of nitro benzene ring substituents is 2. The molecule has 0 radical (unpaired) electrons. The van der Waals surface area contributed by atoms with Crippen molar-refractivity contribution >= 4 is 29.5 Å². The summed E-state index contributed by atoms with van der Waals surface area (Å²) in [5, 5.41) is 21.6. The van der Waals surface area contributed by atoms with Gasteiger partial charge in [-0.15, -0.1) is 0 Å². The molecule has 2 aromatic carbocycles. The summed E-state index contributed by atoms with van der Waals surface area (Å²) in [6.45, 7) is 2.09. The van der Waals surface area contributed by atoms with E-state index in [0.717, 1.165) is 38.1 Å². The fourth-order valence-electron chi connectivity index (χ4n) is 2.33. The van der Waals surface area contributed by atoms with Crippen molar-refractivity contribution in [3.63, 3.8) is 0 Å². The van der Waals surface area contributed by atoms with Crippen LogP contribution in [0, 0.1) is 20.2 Å². The number of benzene rings is 2. The Morgan fingerprint density at radius 1 is 0.656 bits per heavy atom. The SMILES string of the molecule is CC(=O)OC(OC(=O)OC(OC(C)=O)c1ccc([N+](=O)[O-])cc1)c1ccc([N+](=O)[O-])cc1. The molecular formula is C19H16N2O11. The van der Waals surface area contributed by atoms with Crippen molar-refractivity contribution in [2.45, 2.75) is 26.4 Å². The molecule has 2 unspecified atom stereocenters. The summed E-state index contributed by atoms with van der Waals surface area (Å²) in [4.78, 5) is 55.3. The molecule has 0 fully saturated rings. The summed E-state index contributed by atoms with van der Waals surface area (Å²) in [6, 6.07) is 9.27. The van der Waals surface area contributed by atoms with Crippen molar-refractivity contribution < 1.29 is 43.2 Å². The van der Waals surface area contributed by atoms with Crippen molar-refractivity contribution in [2.24, 2.45) is 0 Å². The van der Waals surface area contributed by atoms with Gasteiger partial charge in [-0.25, -0.2) is 4.79 Å². The number of nitrogens with zero attached hydrogens (tertiary/aromatic N) is 2. The lowest BCUT2D eigenvalue weighted by atomic mass is 10.2. The highest BCUT2D eigenvalue weighted by atomic mass is 16.8. The predicted molar refractivity (Wildman–Crippen MR) is 103 cm³/mol. The van der Waals surface area contributed by atoms with Crippen molar-refractivity contribution in [1.82, 2.24) is 0 Å². The van der Waals surface area contributed by atoms with E-state index in [4.69, 9.17) is 18.9 Å². The summed E-state index contributed by atoms with van der Waals surface area (Å²) in [5.41, 5.74) is -0.318. The van der Waals surface area contributed by atoms with Crippen molar-refractivity contribution in [3.8, 4) is 0 Å². The van der Waals surface area contributed by atoms with Crippen molar-refractivity contribution in [1.29, 1.82) is 0 Å². The number of carbonyl (C=O) groups is 3. The van der Waals surface area contributed by atoms with Crippen LogP contribution in [0.1, 0.15) is 37.6 Å². The lowest BCUT2D eigenvalue weighted by Gasteiger charge is -2.21. The first-order chi connectivity index (χ1) is 15.1. The van der Waals surface area contributed by atoms with E-state index < -0.39 is 40.5 Å². The van der Waals surface area contributed by atoms with E-state index in [2.05, 4.69) is 0 Å². The second kappa shape index (κ2) is 10.5. The highest BCUT2D eigenvalue weighted by Gasteiger charge is 2.26. The maximum atomic E-state index is 12.3. The van der Waals surface area contributed by atoms with Gasteiger partial charge in [0.2, 0.25) is 0 Å². The van der Waals surface area contributed by atoms with E-state index in [1.54, 1.807) is 0 Å². The fraction of sp³-hybridized carbons (Fsp3) is 0.211. The van der Waals surface area contributed by atoms with Gasteiger partial charge >= 0.3 is 18.1 Å². The van der Waals surface area contributed by atoms with Gasteiger partial charge in [0.05, 0.1) is 9.85 Å². The number of hydrogen-bond donors (Lipinski definition) is 0. The molecule has 0 heterocycles. The van der Waals surface area contributed by atoms with E-state index in [1.807, 2.05) is 0 Å². The molecule has 13 heteroatoms. The van der Waals surface area contributed by atoms with Crippen LogP contribution >= 0.6 is 0 Å². The molecule has 0 saturated carbocycles. The molecule has 2 atom stereocenters. The minimum Gasteiger partial charge on any atom is -0.421 e. The van der Waals surface area contributed by atoms with E-state index in [9.17, 15) is 34.6 Å². The van der Waals surface area contributed by atoms with Gasteiger partial charge in [-0.1, -0.05) is 0 Å². The van der Waals surface area contributed by atoms with Crippen LogP contribution in [0.15, 0.2) is 48.5 Å². The van der Waals surface area contributed by atoms with Crippen LogP contribution in [0.5, 0.6) is 0 Å². The minimum absolute atomic E-state index is 0.0853. The van der Waals surface area contributed by atoms with E-state index in [-0.39, 0.29) is 22.5 Å². The Morgan fingerprint density at radius 2 is 0.969 bits per heavy atom. The molecule has 0 aliphatic carbocycles. The van der Waals surface area contributed by atoms with Gasteiger partial charge in [-0.3, -0.25) is 29.8 Å². The minimum atomic E-state index is -1.62. The maximum Gasteiger partial charge on any atom is 0.515 e. The highest BCUT2D eigenvalue weighted by Crippen LogP contribution is 2.26. The molecule has 0 aliphatic rings. The van der Waals surface area contributed by atoms with Crippen LogP contribution in [-0.2, 0) is 28.5 Å². The Bertz CT molecular complexity index is 937. The number of non-ortho nitro benzene ring substituents is 2. The molecule has 0 aromatic heterocycles. The molecule has 0 spiro atoms. The van der Waals surface area contributed by atoms with Gasteiger partial charge in [0.1, 0.15) is 0 Å². The lowest BCUT2D eigenvalue weighted by Crippen LogP contribution is -2.21. The summed E-state index contributed by atoms with van der Waals surface area (Å²) < 4.78 is 19.7. The first-order valence-electron chi connectivity index (χ1n) is 8.77. The molecule has 0 saturated heterocycles. The number of esters is 2. The number of hydrogen-bond acceptors (Lipinski definition) is 11. The number of carbonyl (C=O) groups excluding carboxylic acids is 3. The van der Waals surface area contributed by atoms with Crippen molar-refractivity contribution in [2.75, 3.05) is 0 Å². The quantitative estimate of drug-likeness (QED) is 0.250. The Balaban J connectivity index is 2.20. The number of rotatable bonds is 8. The van der Waals surface area contributed by atoms with Crippen LogP contribution in [0.2, 0.25) is 0 Å². The average Bonchev–Trinajstić information content (AvgIpc) is 2.72. The Morgan fingerprint density at radius 3 is 1.22 bits per heavy atom. The zero-order valence-electron chi connectivity index (χ0n) is 16.7. The van der Waals surface area contributed by atoms with Gasteiger partial charge in [0.15, 0.2) is 0 Å². The molecule has 32 heavy (non-hydrogen) atoms. The van der Waals surface area contributed by atoms with Crippen LogP contribution in [0.25, 0.3) is 0 Å². The molecule has 2 rings (SSSR count). The fourth-order valence-corrected chi connectivity index (χ4v) is 2.33. The molecular weight excluding hydrogens is 432 g/mol. The van der Waals surface area contributed by atoms with Crippen LogP contribution < -0.4 is 0 Å². The summed E-state index contributed by atoms with van der Waals surface area (Å²) in [5.74, 6) is -1.65. The third-order valence-corrected chi connectivity index (χ3v) is 3.70. The smallest absolute Gasteiger partial charge is 0.421 e. The topological polar surface area (TPSA) is 174 Å². The first kappa shape index (κ1) is 23.7. The first-order valence-corrected chi connectivity index (χ1v) is 8.77. The summed E-state index contributed by atoms with van der Waals surface area (Å²) >= 11 is 0. The molecule has 2 aromatic rings. The molecule has 0 bridgehead atoms. The Hall–Kier alpha value is -4.55. The number of ether oxygens (including phenoxy) is 4. The average molecular weight is 448 g/mol. The molecule has 13 nitrogen and oxygen atoms in total.